The van der Waals surface area contributed by atoms with Crippen molar-refractivity contribution in [3.05, 3.63) is 35.4 Å². The molecule has 92 valence electrons. The molecule has 17 heavy (non-hydrogen) atoms. The molecule has 4 heteroatoms. The molecule has 0 heterocycles. The minimum atomic E-state index is -0.0799. The summed E-state index contributed by atoms with van der Waals surface area (Å²) in [7, 11) is 0. The van der Waals surface area contributed by atoms with Crippen molar-refractivity contribution in [2.75, 3.05) is 6.54 Å². The van der Waals surface area contributed by atoms with Crippen LogP contribution in [0.2, 0.25) is 0 Å². The van der Waals surface area contributed by atoms with Gasteiger partial charge >= 0.3 is 0 Å². The van der Waals surface area contributed by atoms with Gasteiger partial charge in [-0.1, -0.05) is 38.2 Å². The smallest absolute Gasteiger partial charge is 0.251 e. The Morgan fingerprint density at radius 2 is 2.06 bits per heavy atom. The molecule has 0 saturated heterocycles. The van der Waals surface area contributed by atoms with E-state index in [1.54, 1.807) is 24.3 Å². The maximum Gasteiger partial charge on any atom is 0.251 e. The molecule has 0 aliphatic rings. The number of hydrogen-bond acceptors (Lipinski definition) is 2. The van der Waals surface area contributed by atoms with Gasteiger partial charge in [-0.2, -0.15) is 0 Å². The SMILES string of the molecule is CC(C)CCNC(=O)c1cccc(C(N)=S)c1. The average Bonchev–Trinajstić information content (AvgIpc) is 2.28. The number of thiocarbonyl (C=S) groups is 1. The van der Waals surface area contributed by atoms with E-state index in [1.807, 2.05) is 0 Å². The molecule has 0 aliphatic carbocycles. The highest BCUT2D eigenvalue weighted by Crippen LogP contribution is 2.05. The third kappa shape index (κ3) is 4.53. The van der Waals surface area contributed by atoms with Crippen LogP contribution in [-0.4, -0.2) is 17.4 Å². The second-order valence-corrected chi connectivity index (χ2v) is 4.82. The minimum Gasteiger partial charge on any atom is -0.389 e. The second kappa shape index (κ2) is 6.35. The van der Waals surface area contributed by atoms with Gasteiger partial charge in [-0.3, -0.25) is 4.79 Å². The Morgan fingerprint density at radius 3 is 2.65 bits per heavy atom. The normalized spacial score (nSPS) is 10.3. The number of hydrogen-bond donors (Lipinski definition) is 2. The van der Waals surface area contributed by atoms with Crippen LogP contribution in [0, 0.1) is 5.92 Å². The summed E-state index contributed by atoms with van der Waals surface area (Å²) >= 11 is 4.88. The van der Waals surface area contributed by atoms with Crippen molar-refractivity contribution in [1.82, 2.24) is 5.32 Å². The number of nitrogens with one attached hydrogen (secondary N) is 1. The van der Waals surface area contributed by atoms with Crippen LogP contribution < -0.4 is 11.1 Å². The highest BCUT2D eigenvalue weighted by atomic mass is 32.1. The second-order valence-electron chi connectivity index (χ2n) is 4.38. The number of carbonyl (C=O) groups is 1. The molecular formula is C13H18N2OS. The van der Waals surface area contributed by atoms with Crippen molar-refractivity contribution in [2.45, 2.75) is 20.3 Å². The molecule has 0 bridgehead atoms. The van der Waals surface area contributed by atoms with Gasteiger partial charge in [0.2, 0.25) is 0 Å². The van der Waals surface area contributed by atoms with E-state index in [0.29, 0.717) is 23.0 Å². The molecule has 0 atom stereocenters. The van der Waals surface area contributed by atoms with E-state index in [1.165, 1.54) is 0 Å². The molecule has 0 aromatic heterocycles. The molecular weight excluding hydrogens is 232 g/mol. The Bertz CT molecular complexity index is 416. The third-order valence-corrected chi connectivity index (χ3v) is 2.65. The lowest BCUT2D eigenvalue weighted by molar-refractivity contribution is 0.0952. The van der Waals surface area contributed by atoms with Crippen LogP contribution in [-0.2, 0) is 0 Å². The summed E-state index contributed by atoms with van der Waals surface area (Å²) in [6.07, 6.45) is 0.973. The zero-order valence-corrected chi connectivity index (χ0v) is 11.0. The first-order valence-corrected chi connectivity index (χ1v) is 6.09. The van der Waals surface area contributed by atoms with Crippen molar-refractivity contribution in [2.24, 2.45) is 11.7 Å². The van der Waals surface area contributed by atoms with Crippen LogP contribution in [0.25, 0.3) is 0 Å². The average molecular weight is 250 g/mol. The van der Waals surface area contributed by atoms with Gasteiger partial charge < -0.3 is 11.1 Å². The zero-order valence-electron chi connectivity index (χ0n) is 10.2. The quantitative estimate of drug-likeness (QED) is 0.787. The summed E-state index contributed by atoms with van der Waals surface area (Å²) < 4.78 is 0. The molecule has 0 fully saturated rings. The van der Waals surface area contributed by atoms with Crippen LogP contribution in [0.15, 0.2) is 24.3 Å². The molecule has 3 N–H and O–H groups in total. The fourth-order valence-electron chi connectivity index (χ4n) is 1.39. The summed E-state index contributed by atoms with van der Waals surface area (Å²) in [5.41, 5.74) is 6.84. The van der Waals surface area contributed by atoms with Gasteiger partial charge in [0.05, 0.1) is 0 Å². The highest BCUT2D eigenvalue weighted by Gasteiger charge is 2.06. The van der Waals surface area contributed by atoms with E-state index in [-0.39, 0.29) is 5.91 Å². The van der Waals surface area contributed by atoms with Crippen LogP contribution in [0.4, 0.5) is 0 Å². The maximum absolute atomic E-state index is 11.8. The standard InChI is InChI=1S/C13H18N2OS/c1-9(2)6-7-15-13(16)11-5-3-4-10(8-11)12(14)17/h3-5,8-9H,6-7H2,1-2H3,(H2,14,17)(H,15,16). The van der Waals surface area contributed by atoms with E-state index in [4.69, 9.17) is 18.0 Å². The van der Waals surface area contributed by atoms with E-state index >= 15 is 0 Å². The third-order valence-electron chi connectivity index (χ3n) is 2.42. The van der Waals surface area contributed by atoms with E-state index in [9.17, 15) is 4.79 Å². The fraction of sp³-hybridized carbons (Fsp3) is 0.385. The zero-order chi connectivity index (χ0) is 12.8. The van der Waals surface area contributed by atoms with Gasteiger partial charge in [-0.25, -0.2) is 0 Å². The maximum atomic E-state index is 11.8. The lowest BCUT2D eigenvalue weighted by Gasteiger charge is -2.08. The van der Waals surface area contributed by atoms with Crippen LogP contribution >= 0.6 is 12.2 Å². The summed E-state index contributed by atoms with van der Waals surface area (Å²) in [5.74, 6) is 0.502. The van der Waals surface area contributed by atoms with Crippen molar-refractivity contribution >= 4 is 23.1 Å². The van der Waals surface area contributed by atoms with E-state index < -0.39 is 0 Å². The molecule has 1 aromatic carbocycles. The molecule has 1 amide bonds. The number of benzene rings is 1. The Morgan fingerprint density at radius 1 is 1.41 bits per heavy atom. The molecule has 0 unspecified atom stereocenters. The highest BCUT2D eigenvalue weighted by molar-refractivity contribution is 7.80. The summed E-state index contributed by atoms with van der Waals surface area (Å²) in [5, 5.41) is 2.87. The van der Waals surface area contributed by atoms with Crippen LogP contribution in [0.1, 0.15) is 36.2 Å². The number of carbonyl (C=O) groups excluding carboxylic acids is 1. The van der Waals surface area contributed by atoms with Gasteiger partial charge in [0.1, 0.15) is 4.99 Å². The van der Waals surface area contributed by atoms with Crippen LogP contribution in [0.5, 0.6) is 0 Å². The van der Waals surface area contributed by atoms with Gasteiger partial charge in [0.25, 0.3) is 5.91 Å². The lowest BCUT2D eigenvalue weighted by atomic mass is 10.1. The Kier molecular flexibility index (Phi) is 5.10. The van der Waals surface area contributed by atoms with Crippen molar-refractivity contribution in [3.63, 3.8) is 0 Å². The predicted molar refractivity (Wildman–Crippen MR) is 74.1 cm³/mol. The molecule has 3 nitrogen and oxygen atoms in total. The summed E-state index contributed by atoms with van der Waals surface area (Å²) in [4.78, 5) is 12.1. The van der Waals surface area contributed by atoms with Crippen molar-refractivity contribution < 1.29 is 4.79 Å². The monoisotopic (exact) mass is 250 g/mol. The number of rotatable bonds is 5. The molecule has 0 spiro atoms. The van der Waals surface area contributed by atoms with Gasteiger partial charge in [-0.05, 0) is 24.5 Å². The first kappa shape index (κ1) is 13.6. The Balaban J connectivity index is 2.63. The topological polar surface area (TPSA) is 55.1 Å². The fourth-order valence-corrected chi connectivity index (χ4v) is 1.52. The summed E-state index contributed by atoms with van der Waals surface area (Å²) in [6, 6.07) is 7.05. The number of amides is 1. The number of nitrogens with two attached hydrogens (primary N) is 1. The Hall–Kier alpha value is -1.42. The molecule has 0 aliphatic heterocycles. The van der Waals surface area contributed by atoms with Crippen LogP contribution in [0.3, 0.4) is 0 Å². The summed E-state index contributed by atoms with van der Waals surface area (Å²) in [6.45, 7) is 4.94. The molecule has 0 radical (unpaired) electrons. The van der Waals surface area contributed by atoms with Gasteiger partial charge in [0.15, 0.2) is 0 Å². The van der Waals surface area contributed by atoms with Crippen molar-refractivity contribution in [1.29, 1.82) is 0 Å². The molecule has 1 aromatic rings. The van der Waals surface area contributed by atoms with E-state index in [0.717, 1.165) is 12.0 Å². The van der Waals surface area contributed by atoms with Gasteiger partial charge in [0, 0.05) is 17.7 Å². The molecule has 0 saturated carbocycles. The first-order chi connectivity index (χ1) is 8.00. The van der Waals surface area contributed by atoms with Crippen molar-refractivity contribution in [3.8, 4) is 0 Å². The molecule has 1 rings (SSSR count). The minimum absolute atomic E-state index is 0.0799. The Labute approximate surface area is 107 Å². The van der Waals surface area contributed by atoms with E-state index in [2.05, 4.69) is 19.2 Å². The first-order valence-electron chi connectivity index (χ1n) is 5.68. The largest absolute Gasteiger partial charge is 0.389 e. The predicted octanol–water partition coefficient (Wildman–Crippen LogP) is 2.10. The van der Waals surface area contributed by atoms with Gasteiger partial charge in [-0.15, -0.1) is 0 Å². The lowest BCUT2D eigenvalue weighted by Crippen LogP contribution is -2.25.